The van der Waals surface area contributed by atoms with Gasteiger partial charge in [0.05, 0.1) is 5.38 Å². The lowest BCUT2D eigenvalue weighted by molar-refractivity contribution is 0.420. The molecule has 0 fully saturated rings. The Labute approximate surface area is 124 Å². The fourth-order valence-electron chi connectivity index (χ4n) is 1.54. The quantitative estimate of drug-likeness (QED) is 0.709. The van der Waals surface area contributed by atoms with Crippen molar-refractivity contribution in [3.8, 4) is 11.5 Å². The molecule has 0 N–H and O–H groups in total. The molecule has 1 aromatic carbocycles. The predicted molar refractivity (Wildman–Crippen MR) is 75.9 cm³/mol. The Bertz CT molecular complexity index is 524. The third-order valence-corrected chi connectivity index (χ3v) is 3.46. The van der Waals surface area contributed by atoms with Gasteiger partial charge >= 0.3 is 0 Å². The number of rotatable bonds is 4. The van der Waals surface area contributed by atoms with Crippen molar-refractivity contribution in [1.82, 2.24) is 10.1 Å². The average Bonchev–Trinajstić information content (AvgIpc) is 2.77. The maximum absolute atomic E-state index is 6.15. The lowest BCUT2D eigenvalue weighted by atomic mass is 10.2. The van der Waals surface area contributed by atoms with Crippen molar-refractivity contribution in [3.63, 3.8) is 0 Å². The van der Waals surface area contributed by atoms with Crippen molar-refractivity contribution in [2.75, 3.05) is 0 Å². The van der Waals surface area contributed by atoms with Crippen LogP contribution in [0.3, 0.4) is 0 Å². The van der Waals surface area contributed by atoms with Gasteiger partial charge in [-0.25, -0.2) is 0 Å². The molecule has 0 spiro atoms. The molecule has 0 aliphatic heterocycles. The SMILES string of the molecule is CCCC(Cl)c1noc(-c2cc(Cl)cc(Br)c2)n1. The third-order valence-electron chi connectivity index (χ3n) is 2.37. The van der Waals surface area contributed by atoms with E-state index in [4.69, 9.17) is 27.7 Å². The molecule has 6 heteroatoms. The van der Waals surface area contributed by atoms with Crippen LogP contribution in [-0.2, 0) is 0 Å². The highest BCUT2D eigenvalue weighted by Crippen LogP contribution is 2.29. The predicted octanol–water partition coefficient (Wildman–Crippen LogP) is 5.23. The van der Waals surface area contributed by atoms with Crippen LogP contribution in [0.15, 0.2) is 27.2 Å². The van der Waals surface area contributed by atoms with Gasteiger partial charge in [0.1, 0.15) is 0 Å². The maximum atomic E-state index is 6.15. The summed E-state index contributed by atoms with van der Waals surface area (Å²) >= 11 is 15.5. The number of hydrogen-bond donors (Lipinski definition) is 0. The van der Waals surface area contributed by atoms with E-state index in [1.165, 1.54) is 0 Å². The Hall–Kier alpha value is -0.580. The lowest BCUT2D eigenvalue weighted by Crippen LogP contribution is -1.92. The topological polar surface area (TPSA) is 38.9 Å². The standard InChI is InChI=1S/C12H11BrCl2N2O/c1-2-3-10(15)11-16-12(18-17-11)7-4-8(13)6-9(14)5-7/h4-6,10H,2-3H2,1H3. The number of halogens is 3. The van der Waals surface area contributed by atoms with Crippen molar-refractivity contribution in [2.45, 2.75) is 25.1 Å². The van der Waals surface area contributed by atoms with Gasteiger partial charge in [-0.2, -0.15) is 4.98 Å². The molecule has 3 nitrogen and oxygen atoms in total. The minimum atomic E-state index is -0.213. The molecule has 0 bridgehead atoms. The van der Waals surface area contributed by atoms with Crippen LogP contribution < -0.4 is 0 Å². The summed E-state index contributed by atoms with van der Waals surface area (Å²) in [6.45, 7) is 2.06. The van der Waals surface area contributed by atoms with Crippen molar-refractivity contribution in [3.05, 3.63) is 33.5 Å². The van der Waals surface area contributed by atoms with E-state index < -0.39 is 0 Å². The summed E-state index contributed by atoms with van der Waals surface area (Å²) in [6.07, 6.45) is 1.79. The van der Waals surface area contributed by atoms with Crippen LogP contribution in [0.1, 0.15) is 31.0 Å². The molecule has 0 aliphatic carbocycles. The number of benzene rings is 1. The maximum Gasteiger partial charge on any atom is 0.258 e. The molecule has 1 aromatic heterocycles. The Morgan fingerprint density at radius 1 is 1.39 bits per heavy atom. The Kier molecular flexibility index (Phi) is 4.65. The zero-order valence-electron chi connectivity index (χ0n) is 9.66. The van der Waals surface area contributed by atoms with Crippen molar-refractivity contribution in [2.24, 2.45) is 0 Å². The highest BCUT2D eigenvalue weighted by atomic mass is 79.9. The second-order valence-corrected chi connectivity index (χ2v) is 5.75. The molecule has 0 amide bonds. The summed E-state index contributed by atoms with van der Waals surface area (Å²) in [5.74, 6) is 0.944. The molecule has 1 unspecified atom stereocenters. The van der Waals surface area contributed by atoms with Gasteiger partial charge in [-0.15, -0.1) is 11.6 Å². The van der Waals surface area contributed by atoms with Gasteiger partial charge in [-0.3, -0.25) is 0 Å². The highest BCUT2D eigenvalue weighted by molar-refractivity contribution is 9.10. The number of aromatic nitrogens is 2. The van der Waals surface area contributed by atoms with E-state index in [1.807, 2.05) is 6.07 Å². The van der Waals surface area contributed by atoms with Gasteiger partial charge in [-0.1, -0.05) is 46.0 Å². The first-order valence-electron chi connectivity index (χ1n) is 5.54. The second-order valence-electron chi connectivity index (χ2n) is 3.87. The molecule has 1 heterocycles. The van der Waals surface area contributed by atoms with E-state index in [-0.39, 0.29) is 5.38 Å². The molecule has 2 rings (SSSR count). The molecule has 0 aliphatic rings. The minimum absolute atomic E-state index is 0.213. The smallest absolute Gasteiger partial charge is 0.258 e. The summed E-state index contributed by atoms with van der Waals surface area (Å²) in [5, 5.41) is 4.29. The van der Waals surface area contributed by atoms with Crippen LogP contribution in [0.5, 0.6) is 0 Å². The number of hydrogen-bond acceptors (Lipinski definition) is 3. The van der Waals surface area contributed by atoms with Crippen molar-refractivity contribution >= 4 is 39.1 Å². The molecule has 2 aromatic rings. The van der Waals surface area contributed by atoms with E-state index in [0.717, 1.165) is 22.9 Å². The zero-order valence-corrected chi connectivity index (χ0v) is 12.8. The van der Waals surface area contributed by atoms with Gasteiger partial charge in [0.2, 0.25) is 0 Å². The first kappa shape index (κ1) is 13.8. The van der Waals surface area contributed by atoms with Crippen LogP contribution in [0, 0.1) is 0 Å². The summed E-state index contributed by atoms with van der Waals surface area (Å²) in [4.78, 5) is 4.29. The minimum Gasteiger partial charge on any atom is -0.334 e. The second kappa shape index (κ2) is 6.04. The van der Waals surface area contributed by atoms with E-state index in [0.29, 0.717) is 16.7 Å². The number of alkyl halides is 1. The van der Waals surface area contributed by atoms with Gasteiger partial charge in [0.25, 0.3) is 5.89 Å². The molecular formula is C12H11BrCl2N2O. The normalized spacial score (nSPS) is 12.7. The molecule has 1 atom stereocenters. The van der Waals surface area contributed by atoms with Crippen LogP contribution in [0.25, 0.3) is 11.5 Å². The van der Waals surface area contributed by atoms with Crippen LogP contribution in [0.2, 0.25) is 5.02 Å². The third kappa shape index (κ3) is 3.25. The number of nitrogens with zero attached hydrogens (tertiary/aromatic N) is 2. The molecule has 0 saturated carbocycles. The van der Waals surface area contributed by atoms with Gasteiger partial charge < -0.3 is 4.52 Å². The monoisotopic (exact) mass is 348 g/mol. The van der Waals surface area contributed by atoms with E-state index in [1.54, 1.807) is 12.1 Å². The van der Waals surface area contributed by atoms with Gasteiger partial charge in [-0.05, 0) is 24.6 Å². The Balaban J connectivity index is 2.29. The molecule has 0 radical (unpaired) electrons. The first-order valence-corrected chi connectivity index (χ1v) is 7.15. The van der Waals surface area contributed by atoms with Crippen molar-refractivity contribution < 1.29 is 4.52 Å². The Morgan fingerprint density at radius 3 is 2.83 bits per heavy atom. The van der Waals surface area contributed by atoms with Crippen LogP contribution >= 0.6 is 39.1 Å². The molecule has 0 saturated heterocycles. The molecular weight excluding hydrogens is 339 g/mol. The van der Waals surface area contributed by atoms with E-state index in [2.05, 4.69) is 33.0 Å². The molecule has 18 heavy (non-hydrogen) atoms. The van der Waals surface area contributed by atoms with Crippen molar-refractivity contribution in [1.29, 1.82) is 0 Å². The largest absolute Gasteiger partial charge is 0.334 e. The summed E-state index contributed by atoms with van der Waals surface area (Å²) in [7, 11) is 0. The fourth-order valence-corrected chi connectivity index (χ4v) is 2.71. The van der Waals surface area contributed by atoms with Crippen LogP contribution in [0.4, 0.5) is 0 Å². The average molecular weight is 350 g/mol. The zero-order chi connectivity index (χ0) is 13.1. The highest BCUT2D eigenvalue weighted by Gasteiger charge is 2.16. The van der Waals surface area contributed by atoms with E-state index in [9.17, 15) is 0 Å². The Morgan fingerprint density at radius 2 is 2.17 bits per heavy atom. The molecule has 96 valence electrons. The lowest BCUT2D eigenvalue weighted by Gasteiger charge is -2.00. The summed E-state index contributed by atoms with van der Waals surface area (Å²) in [6, 6.07) is 5.43. The van der Waals surface area contributed by atoms with E-state index >= 15 is 0 Å². The summed E-state index contributed by atoms with van der Waals surface area (Å²) in [5.41, 5.74) is 0.772. The first-order chi connectivity index (χ1) is 8.60. The fraction of sp³-hybridized carbons (Fsp3) is 0.333. The summed E-state index contributed by atoms with van der Waals surface area (Å²) < 4.78 is 6.06. The van der Waals surface area contributed by atoms with Gasteiger partial charge in [0.15, 0.2) is 5.82 Å². The van der Waals surface area contributed by atoms with Gasteiger partial charge in [0, 0.05) is 15.1 Å². The van der Waals surface area contributed by atoms with Crippen LogP contribution in [-0.4, -0.2) is 10.1 Å².